The van der Waals surface area contributed by atoms with Crippen LogP contribution in [-0.4, -0.2) is 34.0 Å². The van der Waals surface area contributed by atoms with Gasteiger partial charge in [-0.3, -0.25) is 4.90 Å². The van der Waals surface area contributed by atoms with E-state index >= 15 is 0 Å². The lowest BCUT2D eigenvalue weighted by molar-refractivity contribution is 0.0700. The smallest absolute Gasteiger partial charge is 0.347 e. The summed E-state index contributed by atoms with van der Waals surface area (Å²) in [6.07, 6.45) is 4.20. The van der Waals surface area contributed by atoms with E-state index in [0.29, 0.717) is 4.88 Å². The number of likely N-dealkylation sites (tertiary alicyclic amines) is 1. The lowest BCUT2D eigenvalue weighted by Crippen LogP contribution is -2.18. The van der Waals surface area contributed by atoms with Crippen molar-refractivity contribution < 1.29 is 9.90 Å². The molecule has 1 aliphatic rings. The Morgan fingerprint density at radius 1 is 1.47 bits per heavy atom. The summed E-state index contributed by atoms with van der Waals surface area (Å²) >= 11 is 1.34. The number of carbonyl (C=O) groups is 1. The van der Waals surface area contributed by atoms with Gasteiger partial charge in [-0.1, -0.05) is 13.3 Å². The van der Waals surface area contributed by atoms with Crippen LogP contribution in [0.3, 0.4) is 0 Å². The van der Waals surface area contributed by atoms with Gasteiger partial charge in [-0.15, -0.1) is 11.3 Å². The molecular formula is C12H18N2O2S. The predicted molar refractivity (Wildman–Crippen MR) is 67.6 cm³/mol. The molecular weight excluding hydrogens is 236 g/mol. The molecule has 1 aromatic rings. The molecule has 0 unspecified atom stereocenters. The fourth-order valence-corrected chi connectivity index (χ4v) is 3.17. The van der Waals surface area contributed by atoms with Gasteiger partial charge in [0.05, 0.1) is 12.2 Å². The normalized spacial score (nSPS) is 16.5. The number of aryl methyl sites for hydroxylation is 1. The zero-order valence-corrected chi connectivity index (χ0v) is 10.9. The highest BCUT2D eigenvalue weighted by Gasteiger charge is 2.19. The number of rotatable bonds is 5. The third-order valence-electron chi connectivity index (χ3n) is 2.98. The Morgan fingerprint density at radius 3 is 2.76 bits per heavy atom. The molecule has 17 heavy (non-hydrogen) atoms. The zero-order chi connectivity index (χ0) is 12.3. The highest BCUT2D eigenvalue weighted by atomic mass is 32.1. The summed E-state index contributed by atoms with van der Waals surface area (Å²) in [5.41, 5.74) is 0.763. The SMILES string of the molecule is CCCc1nc(CN2CCCC2)sc1C(=O)O. The van der Waals surface area contributed by atoms with Crippen molar-refractivity contribution in [3.63, 3.8) is 0 Å². The predicted octanol–water partition coefficient (Wildman–Crippen LogP) is 2.39. The van der Waals surface area contributed by atoms with Crippen LogP contribution in [0.4, 0.5) is 0 Å². The summed E-state index contributed by atoms with van der Waals surface area (Å²) < 4.78 is 0. The number of thiazole rings is 1. The third-order valence-corrected chi connectivity index (χ3v) is 4.05. The second kappa shape index (κ2) is 5.60. The van der Waals surface area contributed by atoms with Crippen LogP contribution in [0, 0.1) is 0 Å². The fraction of sp³-hybridized carbons (Fsp3) is 0.667. The highest BCUT2D eigenvalue weighted by molar-refractivity contribution is 7.13. The molecule has 0 radical (unpaired) electrons. The summed E-state index contributed by atoms with van der Waals surface area (Å²) in [5, 5.41) is 10.1. The molecule has 1 aromatic heterocycles. The number of carboxylic acids is 1. The number of carboxylic acid groups (broad SMARTS) is 1. The average molecular weight is 254 g/mol. The van der Waals surface area contributed by atoms with Crippen LogP contribution in [-0.2, 0) is 13.0 Å². The zero-order valence-electron chi connectivity index (χ0n) is 10.1. The molecule has 1 N–H and O–H groups in total. The van der Waals surface area contributed by atoms with Gasteiger partial charge in [0.15, 0.2) is 0 Å². The Bertz CT molecular complexity index is 397. The van der Waals surface area contributed by atoms with Crippen molar-refractivity contribution in [3.8, 4) is 0 Å². The second-order valence-corrected chi connectivity index (χ2v) is 5.51. The maximum absolute atomic E-state index is 11.1. The summed E-state index contributed by atoms with van der Waals surface area (Å²) in [4.78, 5) is 18.4. The van der Waals surface area contributed by atoms with E-state index in [4.69, 9.17) is 5.11 Å². The Kier molecular flexibility index (Phi) is 4.12. The largest absolute Gasteiger partial charge is 0.477 e. The lowest BCUT2D eigenvalue weighted by Gasteiger charge is -2.11. The van der Waals surface area contributed by atoms with Gasteiger partial charge in [-0.05, 0) is 32.4 Å². The molecule has 0 amide bonds. The van der Waals surface area contributed by atoms with E-state index in [-0.39, 0.29) is 0 Å². The number of aromatic carboxylic acids is 1. The maximum Gasteiger partial charge on any atom is 0.347 e. The molecule has 0 aromatic carbocycles. The number of hydrogen-bond acceptors (Lipinski definition) is 4. The fourth-order valence-electron chi connectivity index (χ4n) is 2.17. The monoisotopic (exact) mass is 254 g/mol. The Labute approximate surface area is 105 Å². The van der Waals surface area contributed by atoms with Crippen molar-refractivity contribution in [2.45, 2.75) is 39.2 Å². The van der Waals surface area contributed by atoms with Crippen LogP contribution in [0.25, 0.3) is 0 Å². The molecule has 2 heterocycles. The summed E-state index contributed by atoms with van der Waals surface area (Å²) in [5.74, 6) is -0.835. The van der Waals surface area contributed by atoms with Crippen LogP contribution in [0.5, 0.6) is 0 Å². The van der Waals surface area contributed by atoms with Crippen molar-refractivity contribution in [1.82, 2.24) is 9.88 Å². The Hall–Kier alpha value is -0.940. The van der Waals surface area contributed by atoms with Crippen molar-refractivity contribution in [1.29, 1.82) is 0 Å². The summed E-state index contributed by atoms with van der Waals surface area (Å²) in [6.45, 7) is 5.09. The van der Waals surface area contributed by atoms with E-state index in [1.807, 2.05) is 6.92 Å². The molecule has 1 saturated heterocycles. The first kappa shape index (κ1) is 12.5. The average Bonchev–Trinajstić information content (AvgIpc) is 2.89. The Morgan fingerprint density at radius 2 is 2.18 bits per heavy atom. The van der Waals surface area contributed by atoms with Crippen molar-refractivity contribution in [2.75, 3.05) is 13.1 Å². The molecule has 0 spiro atoms. The van der Waals surface area contributed by atoms with E-state index in [0.717, 1.165) is 43.2 Å². The van der Waals surface area contributed by atoms with E-state index < -0.39 is 5.97 Å². The number of hydrogen-bond donors (Lipinski definition) is 1. The van der Waals surface area contributed by atoms with Crippen LogP contribution < -0.4 is 0 Å². The Balaban J connectivity index is 2.11. The molecule has 1 aliphatic heterocycles. The second-order valence-electron chi connectivity index (χ2n) is 4.42. The van der Waals surface area contributed by atoms with Gasteiger partial charge in [0.25, 0.3) is 0 Å². The van der Waals surface area contributed by atoms with Crippen molar-refractivity contribution >= 4 is 17.3 Å². The van der Waals surface area contributed by atoms with Gasteiger partial charge in [-0.2, -0.15) is 0 Å². The molecule has 2 rings (SSSR count). The highest BCUT2D eigenvalue weighted by Crippen LogP contribution is 2.22. The minimum Gasteiger partial charge on any atom is -0.477 e. The summed E-state index contributed by atoms with van der Waals surface area (Å²) in [6, 6.07) is 0. The van der Waals surface area contributed by atoms with Gasteiger partial charge in [0.2, 0.25) is 0 Å². The standard InChI is InChI=1S/C12H18N2O2S/c1-2-5-9-11(12(15)16)17-10(13-9)8-14-6-3-4-7-14/h2-8H2,1H3,(H,15,16). The molecule has 94 valence electrons. The summed E-state index contributed by atoms with van der Waals surface area (Å²) in [7, 11) is 0. The van der Waals surface area contributed by atoms with Crippen LogP contribution in [0.2, 0.25) is 0 Å². The maximum atomic E-state index is 11.1. The molecule has 4 nitrogen and oxygen atoms in total. The van der Waals surface area contributed by atoms with Crippen LogP contribution in [0.15, 0.2) is 0 Å². The van der Waals surface area contributed by atoms with E-state index in [1.165, 1.54) is 24.2 Å². The van der Waals surface area contributed by atoms with Crippen molar-refractivity contribution in [3.05, 3.63) is 15.6 Å². The first-order valence-corrected chi connectivity index (χ1v) is 6.96. The molecule has 5 heteroatoms. The van der Waals surface area contributed by atoms with Gasteiger partial charge < -0.3 is 5.11 Å². The first-order chi connectivity index (χ1) is 8.20. The molecule has 0 atom stereocenters. The quantitative estimate of drug-likeness (QED) is 0.876. The molecule has 0 bridgehead atoms. The van der Waals surface area contributed by atoms with E-state index in [1.54, 1.807) is 0 Å². The van der Waals surface area contributed by atoms with E-state index in [9.17, 15) is 4.79 Å². The molecule has 0 saturated carbocycles. The van der Waals surface area contributed by atoms with Gasteiger partial charge >= 0.3 is 5.97 Å². The minimum atomic E-state index is -0.835. The minimum absolute atomic E-state index is 0.432. The first-order valence-electron chi connectivity index (χ1n) is 6.15. The third kappa shape index (κ3) is 3.04. The van der Waals surface area contributed by atoms with Gasteiger partial charge in [0, 0.05) is 0 Å². The topological polar surface area (TPSA) is 53.4 Å². The lowest BCUT2D eigenvalue weighted by atomic mass is 10.2. The number of aromatic nitrogens is 1. The van der Waals surface area contributed by atoms with Crippen LogP contribution >= 0.6 is 11.3 Å². The van der Waals surface area contributed by atoms with Gasteiger partial charge in [0.1, 0.15) is 9.88 Å². The molecule has 1 fully saturated rings. The van der Waals surface area contributed by atoms with E-state index in [2.05, 4.69) is 9.88 Å². The van der Waals surface area contributed by atoms with Crippen LogP contribution in [0.1, 0.15) is 46.6 Å². The van der Waals surface area contributed by atoms with Crippen molar-refractivity contribution in [2.24, 2.45) is 0 Å². The number of nitrogens with zero attached hydrogens (tertiary/aromatic N) is 2. The molecule has 0 aliphatic carbocycles. The van der Waals surface area contributed by atoms with Gasteiger partial charge in [-0.25, -0.2) is 9.78 Å².